The maximum Gasteiger partial charge on any atom is 0.355 e. The number of carbonyl (C=O) groups is 3. The van der Waals surface area contributed by atoms with E-state index in [0.29, 0.717) is 22.8 Å². The third kappa shape index (κ3) is 4.11. The summed E-state index contributed by atoms with van der Waals surface area (Å²) in [5, 5.41) is 0. The van der Waals surface area contributed by atoms with E-state index >= 15 is 0 Å². The van der Waals surface area contributed by atoms with E-state index in [4.69, 9.17) is 18.9 Å². The smallest absolute Gasteiger partial charge is 0.355 e. The van der Waals surface area contributed by atoms with E-state index in [1.807, 2.05) is 0 Å². The molecule has 0 atom stereocenters. The Labute approximate surface area is 156 Å². The number of benzene rings is 1. The van der Waals surface area contributed by atoms with Gasteiger partial charge in [0.15, 0.2) is 6.61 Å². The van der Waals surface area contributed by atoms with E-state index in [1.165, 1.54) is 27.4 Å². The lowest BCUT2D eigenvalue weighted by atomic mass is 10.1. The number of rotatable bonds is 7. The Morgan fingerprint density at radius 3 is 2.30 bits per heavy atom. The molecule has 8 heteroatoms. The molecule has 0 bridgehead atoms. The fourth-order valence-electron chi connectivity index (χ4n) is 2.67. The van der Waals surface area contributed by atoms with Crippen molar-refractivity contribution in [2.45, 2.75) is 13.8 Å². The number of methoxy groups -OCH3 is 3. The van der Waals surface area contributed by atoms with Gasteiger partial charge < -0.3 is 23.9 Å². The molecule has 27 heavy (non-hydrogen) atoms. The number of Topliss-reactive ketones (excluding diaryl/α,β-unsaturated/α-hetero) is 1. The molecule has 2 rings (SSSR count). The van der Waals surface area contributed by atoms with Crippen molar-refractivity contribution < 1.29 is 33.3 Å². The minimum Gasteiger partial charge on any atom is -0.497 e. The highest BCUT2D eigenvalue weighted by Crippen LogP contribution is 2.25. The first-order valence-electron chi connectivity index (χ1n) is 8.03. The third-order valence-corrected chi connectivity index (χ3v) is 4.07. The Morgan fingerprint density at radius 2 is 1.70 bits per heavy atom. The van der Waals surface area contributed by atoms with Crippen LogP contribution in [-0.2, 0) is 9.47 Å². The summed E-state index contributed by atoms with van der Waals surface area (Å²) in [6, 6.07) is 4.71. The van der Waals surface area contributed by atoms with Crippen LogP contribution in [0.1, 0.15) is 42.5 Å². The van der Waals surface area contributed by atoms with Crippen LogP contribution in [0.2, 0.25) is 0 Å². The van der Waals surface area contributed by atoms with E-state index < -0.39 is 24.3 Å². The van der Waals surface area contributed by atoms with Crippen LogP contribution in [0.25, 0.3) is 0 Å². The van der Waals surface area contributed by atoms with E-state index in [-0.39, 0.29) is 16.8 Å². The minimum absolute atomic E-state index is 0.0994. The number of ketones is 1. The molecular formula is C19H21NO7. The molecule has 0 aliphatic heterocycles. The minimum atomic E-state index is -0.744. The van der Waals surface area contributed by atoms with Crippen molar-refractivity contribution in [3.63, 3.8) is 0 Å². The summed E-state index contributed by atoms with van der Waals surface area (Å²) in [4.78, 5) is 39.3. The SMILES string of the molecule is COC(=O)c1c(C)[nH]c(C(=O)OCC(=O)c2ccc(OC)cc2OC)c1C. The van der Waals surface area contributed by atoms with Gasteiger partial charge in [-0.25, -0.2) is 9.59 Å². The highest BCUT2D eigenvalue weighted by molar-refractivity contribution is 6.02. The highest BCUT2D eigenvalue weighted by atomic mass is 16.5. The van der Waals surface area contributed by atoms with Gasteiger partial charge in [-0.05, 0) is 31.5 Å². The summed E-state index contributed by atoms with van der Waals surface area (Å²) in [6.45, 7) is 2.76. The molecular weight excluding hydrogens is 354 g/mol. The maximum absolute atomic E-state index is 12.4. The number of aromatic amines is 1. The van der Waals surface area contributed by atoms with Gasteiger partial charge in [-0.3, -0.25) is 4.79 Å². The second-order valence-corrected chi connectivity index (χ2v) is 5.68. The summed E-state index contributed by atoms with van der Waals surface area (Å²) in [5.74, 6) is -0.883. The summed E-state index contributed by atoms with van der Waals surface area (Å²) >= 11 is 0. The van der Waals surface area contributed by atoms with Crippen LogP contribution >= 0.6 is 0 Å². The lowest BCUT2D eigenvalue weighted by Gasteiger charge is -2.10. The molecule has 1 heterocycles. The van der Waals surface area contributed by atoms with Crippen molar-refractivity contribution in [1.82, 2.24) is 4.98 Å². The molecule has 0 radical (unpaired) electrons. The zero-order chi connectivity index (χ0) is 20.1. The zero-order valence-electron chi connectivity index (χ0n) is 15.8. The number of aromatic nitrogens is 1. The molecule has 1 N–H and O–H groups in total. The molecule has 0 aliphatic carbocycles. The Kier molecular flexibility index (Phi) is 6.23. The number of ether oxygens (including phenoxy) is 4. The number of aryl methyl sites for hydroxylation is 1. The first-order chi connectivity index (χ1) is 12.8. The Hall–Kier alpha value is -3.29. The quantitative estimate of drug-likeness (QED) is 0.585. The number of carbonyl (C=O) groups excluding carboxylic acids is 3. The van der Waals surface area contributed by atoms with Crippen LogP contribution in [0, 0.1) is 13.8 Å². The van der Waals surface area contributed by atoms with Crippen molar-refractivity contribution in [2.75, 3.05) is 27.9 Å². The van der Waals surface area contributed by atoms with E-state index in [9.17, 15) is 14.4 Å². The number of hydrogen-bond donors (Lipinski definition) is 1. The molecule has 0 fully saturated rings. The fraction of sp³-hybridized carbons (Fsp3) is 0.316. The average Bonchev–Trinajstić information content (AvgIpc) is 2.98. The van der Waals surface area contributed by atoms with Crippen molar-refractivity contribution in [1.29, 1.82) is 0 Å². The summed E-state index contributed by atoms with van der Waals surface area (Å²) in [6.07, 6.45) is 0. The Bertz CT molecular complexity index is 882. The van der Waals surface area contributed by atoms with Gasteiger partial charge >= 0.3 is 11.9 Å². The van der Waals surface area contributed by atoms with Gasteiger partial charge in [0.2, 0.25) is 5.78 Å². The second kappa shape index (κ2) is 8.39. The van der Waals surface area contributed by atoms with Crippen LogP contribution in [-0.4, -0.2) is 50.6 Å². The maximum atomic E-state index is 12.4. The zero-order valence-corrected chi connectivity index (χ0v) is 15.8. The topological polar surface area (TPSA) is 104 Å². The van der Waals surface area contributed by atoms with Crippen LogP contribution in [0.4, 0.5) is 0 Å². The average molecular weight is 375 g/mol. The van der Waals surface area contributed by atoms with Gasteiger partial charge in [-0.1, -0.05) is 0 Å². The standard InChI is InChI=1S/C19H21NO7/c1-10-16(18(22)26-5)11(2)20-17(10)19(23)27-9-14(21)13-7-6-12(24-3)8-15(13)25-4/h6-8,20H,9H2,1-5H3. The molecule has 1 aromatic heterocycles. The Morgan fingerprint density at radius 1 is 1.00 bits per heavy atom. The lowest BCUT2D eigenvalue weighted by Crippen LogP contribution is -2.16. The van der Waals surface area contributed by atoms with E-state index in [0.717, 1.165) is 0 Å². The van der Waals surface area contributed by atoms with Crippen LogP contribution in [0.3, 0.4) is 0 Å². The summed E-state index contributed by atoms with van der Waals surface area (Å²) in [7, 11) is 4.19. The van der Waals surface area contributed by atoms with Crippen LogP contribution < -0.4 is 9.47 Å². The number of nitrogens with one attached hydrogen (secondary N) is 1. The summed E-state index contributed by atoms with van der Waals surface area (Å²) in [5.41, 5.74) is 1.52. The van der Waals surface area contributed by atoms with Crippen LogP contribution in [0.15, 0.2) is 18.2 Å². The molecule has 1 aromatic carbocycles. The number of esters is 2. The molecule has 8 nitrogen and oxygen atoms in total. The second-order valence-electron chi connectivity index (χ2n) is 5.68. The lowest BCUT2D eigenvalue weighted by molar-refractivity contribution is 0.0468. The number of hydrogen-bond acceptors (Lipinski definition) is 7. The van der Waals surface area contributed by atoms with Gasteiger partial charge in [-0.2, -0.15) is 0 Å². The highest BCUT2D eigenvalue weighted by Gasteiger charge is 2.24. The molecule has 0 aliphatic rings. The van der Waals surface area contributed by atoms with Gasteiger partial charge in [0, 0.05) is 11.8 Å². The molecule has 0 saturated carbocycles. The van der Waals surface area contributed by atoms with Gasteiger partial charge in [-0.15, -0.1) is 0 Å². The molecule has 0 amide bonds. The third-order valence-electron chi connectivity index (χ3n) is 4.07. The monoisotopic (exact) mass is 375 g/mol. The van der Waals surface area contributed by atoms with Crippen LogP contribution in [0.5, 0.6) is 11.5 Å². The van der Waals surface area contributed by atoms with Gasteiger partial charge in [0.1, 0.15) is 17.2 Å². The first-order valence-corrected chi connectivity index (χ1v) is 8.03. The fourth-order valence-corrected chi connectivity index (χ4v) is 2.67. The van der Waals surface area contributed by atoms with Crippen molar-refractivity contribution in [3.05, 3.63) is 46.3 Å². The summed E-state index contributed by atoms with van der Waals surface area (Å²) < 4.78 is 20.1. The van der Waals surface area contributed by atoms with Crippen molar-refractivity contribution in [2.24, 2.45) is 0 Å². The van der Waals surface area contributed by atoms with Crippen molar-refractivity contribution in [3.8, 4) is 11.5 Å². The number of H-pyrrole nitrogens is 1. The van der Waals surface area contributed by atoms with Crippen molar-refractivity contribution >= 4 is 17.7 Å². The molecule has 0 saturated heterocycles. The van der Waals surface area contributed by atoms with Gasteiger partial charge in [0.05, 0.1) is 32.5 Å². The van der Waals surface area contributed by atoms with Gasteiger partial charge in [0.25, 0.3) is 0 Å². The molecule has 144 valence electrons. The molecule has 0 spiro atoms. The molecule has 0 unspecified atom stereocenters. The normalized spacial score (nSPS) is 10.3. The van der Waals surface area contributed by atoms with E-state index in [1.54, 1.807) is 26.0 Å². The molecule has 2 aromatic rings. The Balaban J connectivity index is 2.14. The largest absolute Gasteiger partial charge is 0.497 e. The predicted molar refractivity (Wildman–Crippen MR) is 95.8 cm³/mol. The first kappa shape index (κ1) is 20.0. The predicted octanol–water partition coefficient (Wildman–Crippen LogP) is 2.48. The van der Waals surface area contributed by atoms with E-state index in [2.05, 4.69) is 4.98 Å².